The summed E-state index contributed by atoms with van der Waals surface area (Å²) >= 11 is 0. The van der Waals surface area contributed by atoms with Crippen LogP contribution in [0.1, 0.15) is 39.0 Å². The third kappa shape index (κ3) is 3.19. The minimum absolute atomic E-state index is 0.115. The maximum atomic E-state index is 12.5. The quantitative estimate of drug-likeness (QED) is 0.787. The molecule has 0 saturated carbocycles. The summed E-state index contributed by atoms with van der Waals surface area (Å²) in [7, 11) is 0. The van der Waals surface area contributed by atoms with E-state index in [0.29, 0.717) is 12.6 Å². The molecule has 0 aromatic carbocycles. The Morgan fingerprint density at radius 2 is 2.29 bits per heavy atom. The van der Waals surface area contributed by atoms with Crippen molar-refractivity contribution in [2.75, 3.05) is 26.3 Å². The zero-order chi connectivity index (χ0) is 12.1. The van der Waals surface area contributed by atoms with E-state index in [9.17, 15) is 4.79 Å². The Kier molecular flexibility index (Phi) is 4.80. The van der Waals surface area contributed by atoms with Gasteiger partial charge in [0.15, 0.2) is 0 Å². The van der Waals surface area contributed by atoms with Crippen molar-refractivity contribution in [3.05, 3.63) is 0 Å². The number of hydrogen-bond acceptors (Lipinski definition) is 3. The van der Waals surface area contributed by atoms with Gasteiger partial charge in [0.25, 0.3) is 0 Å². The van der Waals surface area contributed by atoms with E-state index in [-0.39, 0.29) is 11.9 Å². The first-order valence-electron chi connectivity index (χ1n) is 6.94. The van der Waals surface area contributed by atoms with Gasteiger partial charge >= 0.3 is 0 Å². The second-order valence-electron chi connectivity index (χ2n) is 5.02. The van der Waals surface area contributed by atoms with Crippen LogP contribution in [0.3, 0.4) is 0 Å². The van der Waals surface area contributed by atoms with Gasteiger partial charge in [-0.2, -0.15) is 0 Å². The van der Waals surface area contributed by atoms with E-state index in [2.05, 4.69) is 17.1 Å². The number of likely N-dealkylation sites (tertiary alicyclic amines) is 1. The summed E-state index contributed by atoms with van der Waals surface area (Å²) in [6, 6.07) is 0.324. The summed E-state index contributed by atoms with van der Waals surface area (Å²) in [5.74, 6) is 0.249. The lowest BCUT2D eigenvalue weighted by Gasteiger charge is -2.34. The standard InChI is InChI=1S/C13H24N2O2/c1-2-11-6-4-3-5-8-15(11)13(16)12-10-17-9-7-14-12/h11-12,14H,2-10H2,1H3. The van der Waals surface area contributed by atoms with Gasteiger partial charge in [-0.3, -0.25) is 4.79 Å². The third-order valence-electron chi connectivity index (χ3n) is 3.85. The van der Waals surface area contributed by atoms with Gasteiger partial charge in [-0.25, -0.2) is 0 Å². The topological polar surface area (TPSA) is 41.6 Å². The van der Waals surface area contributed by atoms with Gasteiger partial charge in [-0.1, -0.05) is 19.8 Å². The summed E-state index contributed by atoms with van der Waals surface area (Å²) < 4.78 is 5.38. The zero-order valence-electron chi connectivity index (χ0n) is 10.8. The lowest BCUT2D eigenvalue weighted by atomic mass is 10.1. The van der Waals surface area contributed by atoms with Crippen molar-refractivity contribution in [3.63, 3.8) is 0 Å². The van der Waals surface area contributed by atoms with E-state index in [1.165, 1.54) is 12.8 Å². The molecule has 2 atom stereocenters. The largest absolute Gasteiger partial charge is 0.378 e. The second-order valence-corrected chi connectivity index (χ2v) is 5.02. The summed E-state index contributed by atoms with van der Waals surface area (Å²) in [6.07, 6.45) is 5.90. The van der Waals surface area contributed by atoms with Crippen LogP contribution in [-0.2, 0) is 9.53 Å². The van der Waals surface area contributed by atoms with Gasteiger partial charge in [-0.15, -0.1) is 0 Å². The van der Waals surface area contributed by atoms with Gasteiger partial charge in [0.05, 0.1) is 13.2 Å². The molecule has 0 aromatic rings. The Hall–Kier alpha value is -0.610. The third-order valence-corrected chi connectivity index (χ3v) is 3.85. The molecule has 2 rings (SSSR count). The van der Waals surface area contributed by atoms with E-state index < -0.39 is 0 Å². The molecule has 0 bridgehead atoms. The van der Waals surface area contributed by atoms with E-state index in [0.717, 1.165) is 39.0 Å². The van der Waals surface area contributed by atoms with Crippen molar-refractivity contribution in [1.29, 1.82) is 0 Å². The number of morpholine rings is 1. The van der Waals surface area contributed by atoms with Crippen molar-refractivity contribution in [2.24, 2.45) is 0 Å². The molecule has 1 amide bonds. The van der Waals surface area contributed by atoms with Crippen LogP contribution in [0.5, 0.6) is 0 Å². The van der Waals surface area contributed by atoms with Crippen LogP contribution in [0.25, 0.3) is 0 Å². The molecule has 2 heterocycles. The maximum absolute atomic E-state index is 12.5. The van der Waals surface area contributed by atoms with Crippen molar-refractivity contribution < 1.29 is 9.53 Å². The van der Waals surface area contributed by atoms with E-state index >= 15 is 0 Å². The molecule has 0 spiro atoms. The number of rotatable bonds is 2. The number of carbonyl (C=O) groups is 1. The molecule has 2 aliphatic rings. The molecule has 17 heavy (non-hydrogen) atoms. The van der Waals surface area contributed by atoms with Crippen LogP contribution in [-0.4, -0.2) is 49.2 Å². The fraction of sp³-hybridized carbons (Fsp3) is 0.923. The Bertz CT molecular complexity index is 252. The molecular formula is C13H24N2O2. The first kappa shape index (κ1) is 12.8. The minimum Gasteiger partial charge on any atom is -0.378 e. The number of nitrogens with zero attached hydrogens (tertiary/aromatic N) is 1. The predicted octanol–water partition coefficient (Wildman–Crippen LogP) is 1.16. The lowest BCUT2D eigenvalue weighted by Crippen LogP contribution is -2.54. The highest BCUT2D eigenvalue weighted by molar-refractivity contribution is 5.82. The zero-order valence-corrected chi connectivity index (χ0v) is 10.8. The van der Waals surface area contributed by atoms with Crippen molar-refractivity contribution in [1.82, 2.24) is 10.2 Å². The molecule has 2 saturated heterocycles. The summed E-state index contributed by atoms with van der Waals surface area (Å²) in [4.78, 5) is 14.6. The highest BCUT2D eigenvalue weighted by Crippen LogP contribution is 2.20. The number of carbonyl (C=O) groups excluding carboxylic acids is 1. The Labute approximate surface area is 104 Å². The van der Waals surface area contributed by atoms with Crippen LogP contribution in [0.4, 0.5) is 0 Å². The predicted molar refractivity (Wildman–Crippen MR) is 66.9 cm³/mol. The normalized spacial score (nSPS) is 31.0. The Morgan fingerprint density at radius 1 is 1.41 bits per heavy atom. The highest BCUT2D eigenvalue weighted by Gasteiger charge is 2.30. The molecule has 4 heteroatoms. The number of nitrogens with one attached hydrogen (secondary N) is 1. The average Bonchev–Trinajstić information content (AvgIpc) is 2.64. The summed E-state index contributed by atoms with van der Waals surface area (Å²) in [6.45, 7) is 5.16. The monoisotopic (exact) mass is 240 g/mol. The van der Waals surface area contributed by atoms with Crippen LogP contribution in [0.15, 0.2) is 0 Å². The van der Waals surface area contributed by atoms with Crippen molar-refractivity contribution in [2.45, 2.75) is 51.1 Å². The molecule has 98 valence electrons. The lowest BCUT2D eigenvalue weighted by molar-refractivity contribution is -0.138. The Balaban J connectivity index is 1.98. The van der Waals surface area contributed by atoms with Gasteiger partial charge in [0.1, 0.15) is 6.04 Å². The molecular weight excluding hydrogens is 216 g/mol. The van der Waals surface area contributed by atoms with E-state index in [1.807, 2.05) is 0 Å². The van der Waals surface area contributed by atoms with E-state index in [4.69, 9.17) is 4.74 Å². The minimum atomic E-state index is -0.115. The van der Waals surface area contributed by atoms with Crippen molar-refractivity contribution >= 4 is 5.91 Å². The highest BCUT2D eigenvalue weighted by atomic mass is 16.5. The van der Waals surface area contributed by atoms with E-state index in [1.54, 1.807) is 0 Å². The molecule has 0 aliphatic carbocycles. The van der Waals surface area contributed by atoms with Crippen molar-refractivity contribution in [3.8, 4) is 0 Å². The van der Waals surface area contributed by atoms with Crippen LogP contribution >= 0.6 is 0 Å². The average molecular weight is 240 g/mol. The molecule has 0 aromatic heterocycles. The fourth-order valence-corrected chi connectivity index (χ4v) is 2.82. The number of hydrogen-bond donors (Lipinski definition) is 1. The molecule has 2 aliphatic heterocycles. The molecule has 1 N–H and O–H groups in total. The number of amides is 1. The van der Waals surface area contributed by atoms with Gasteiger partial charge in [0, 0.05) is 19.1 Å². The van der Waals surface area contributed by atoms with Crippen LogP contribution in [0, 0.1) is 0 Å². The molecule has 0 radical (unpaired) electrons. The first-order valence-corrected chi connectivity index (χ1v) is 6.94. The second kappa shape index (κ2) is 6.36. The first-order chi connectivity index (χ1) is 8.33. The SMILES string of the molecule is CCC1CCCCCN1C(=O)C1COCCN1. The van der Waals surface area contributed by atoms with Gasteiger partial charge in [-0.05, 0) is 19.3 Å². The fourth-order valence-electron chi connectivity index (χ4n) is 2.82. The van der Waals surface area contributed by atoms with Gasteiger partial charge < -0.3 is 15.0 Å². The molecule has 2 fully saturated rings. The van der Waals surface area contributed by atoms with Gasteiger partial charge in [0.2, 0.25) is 5.91 Å². The summed E-state index contributed by atoms with van der Waals surface area (Å²) in [5, 5.41) is 3.27. The smallest absolute Gasteiger partial charge is 0.242 e. The van der Waals surface area contributed by atoms with Crippen LogP contribution in [0.2, 0.25) is 0 Å². The molecule has 4 nitrogen and oxygen atoms in total. The number of ether oxygens (including phenoxy) is 1. The maximum Gasteiger partial charge on any atom is 0.242 e. The Morgan fingerprint density at radius 3 is 3.00 bits per heavy atom. The molecule has 2 unspecified atom stereocenters. The summed E-state index contributed by atoms with van der Waals surface area (Å²) in [5.41, 5.74) is 0. The van der Waals surface area contributed by atoms with Crippen LogP contribution < -0.4 is 5.32 Å².